The minimum Gasteiger partial charge on any atom is -0.395 e. The molecule has 0 radical (unpaired) electrons. The number of aliphatic hydroxyl groups is 2. The SMILES string of the molecule is O=S(=O)(CCO)NS(=O)(=O)CCO. The Morgan fingerprint density at radius 2 is 1.15 bits per heavy atom. The number of sulfonamides is 2. The van der Waals surface area contributed by atoms with E-state index in [0.29, 0.717) is 0 Å². The van der Waals surface area contributed by atoms with Crippen LogP contribution in [0.4, 0.5) is 0 Å². The van der Waals surface area contributed by atoms with Gasteiger partial charge in [0.15, 0.2) is 0 Å². The zero-order valence-corrected chi connectivity index (χ0v) is 8.31. The van der Waals surface area contributed by atoms with Gasteiger partial charge in [0, 0.05) is 0 Å². The Hall–Kier alpha value is -0.220. The molecule has 0 aliphatic rings. The zero-order chi connectivity index (χ0) is 10.5. The van der Waals surface area contributed by atoms with Crippen molar-refractivity contribution in [3.8, 4) is 0 Å². The fraction of sp³-hybridized carbons (Fsp3) is 1.00. The molecule has 0 unspecified atom stereocenters. The van der Waals surface area contributed by atoms with Crippen LogP contribution >= 0.6 is 0 Å². The van der Waals surface area contributed by atoms with Gasteiger partial charge < -0.3 is 10.2 Å². The second kappa shape index (κ2) is 4.86. The zero-order valence-electron chi connectivity index (χ0n) is 6.67. The van der Waals surface area contributed by atoms with E-state index in [4.69, 9.17) is 10.2 Å². The first-order valence-electron chi connectivity index (χ1n) is 3.28. The second-order valence-electron chi connectivity index (χ2n) is 2.17. The van der Waals surface area contributed by atoms with Crippen LogP contribution in [0.15, 0.2) is 0 Å². The van der Waals surface area contributed by atoms with E-state index in [0.717, 1.165) is 0 Å². The summed E-state index contributed by atoms with van der Waals surface area (Å²) in [7, 11) is -8.02. The minimum atomic E-state index is -4.01. The first kappa shape index (κ1) is 12.8. The Morgan fingerprint density at radius 3 is 1.38 bits per heavy atom. The molecule has 0 aliphatic heterocycles. The Labute approximate surface area is 76.5 Å². The molecule has 0 aromatic carbocycles. The van der Waals surface area contributed by atoms with E-state index in [-0.39, 0.29) is 0 Å². The highest BCUT2D eigenvalue weighted by Gasteiger charge is 2.19. The fourth-order valence-electron chi connectivity index (χ4n) is 0.517. The lowest BCUT2D eigenvalue weighted by Crippen LogP contribution is -2.35. The first-order valence-corrected chi connectivity index (χ1v) is 6.59. The third kappa shape index (κ3) is 5.93. The van der Waals surface area contributed by atoms with Crippen molar-refractivity contribution in [1.29, 1.82) is 0 Å². The highest BCUT2D eigenvalue weighted by molar-refractivity contribution is 8.04. The predicted octanol–water partition coefficient (Wildman–Crippen LogP) is -2.78. The van der Waals surface area contributed by atoms with Gasteiger partial charge >= 0.3 is 0 Å². The minimum absolute atomic E-state index is 0.663. The van der Waals surface area contributed by atoms with E-state index in [1.54, 1.807) is 0 Å². The molecule has 3 N–H and O–H groups in total. The lowest BCUT2D eigenvalue weighted by atomic mass is 10.9. The van der Waals surface area contributed by atoms with Crippen LogP contribution in [0.25, 0.3) is 0 Å². The topological polar surface area (TPSA) is 121 Å². The third-order valence-electron chi connectivity index (χ3n) is 0.974. The van der Waals surface area contributed by atoms with Crippen molar-refractivity contribution in [3.63, 3.8) is 0 Å². The van der Waals surface area contributed by atoms with Gasteiger partial charge in [-0.1, -0.05) is 0 Å². The molecule has 0 bridgehead atoms. The van der Waals surface area contributed by atoms with Gasteiger partial charge in [-0.15, -0.1) is 4.13 Å². The smallest absolute Gasteiger partial charge is 0.226 e. The highest BCUT2D eigenvalue weighted by atomic mass is 32.3. The van der Waals surface area contributed by atoms with Crippen molar-refractivity contribution in [3.05, 3.63) is 0 Å². The van der Waals surface area contributed by atoms with Crippen molar-refractivity contribution in [2.45, 2.75) is 0 Å². The van der Waals surface area contributed by atoms with Gasteiger partial charge in [0.05, 0.1) is 24.7 Å². The van der Waals surface area contributed by atoms with E-state index >= 15 is 0 Å². The van der Waals surface area contributed by atoms with E-state index in [1.807, 2.05) is 0 Å². The molecule has 0 aromatic heterocycles. The molecule has 13 heavy (non-hydrogen) atoms. The summed E-state index contributed by atoms with van der Waals surface area (Å²) < 4.78 is 44.5. The standard InChI is InChI=1S/C4H11NO6S2/c6-1-3-12(8,9)5-13(10,11)4-2-7/h5-7H,1-4H2. The molecule has 0 fully saturated rings. The van der Waals surface area contributed by atoms with Gasteiger partial charge in [-0.25, -0.2) is 16.8 Å². The highest BCUT2D eigenvalue weighted by Crippen LogP contribution is 1.90. The second-order valence-corrected chi connectivity index (χ2v) is 6.11. The van der Waals surface area contributed by atoms with Gasteiger partial charge in [0.1, 0.15) is 0 Å². The maximum atomic E-state index is 10.8. The Kier molecular flexibility index (Phi) is 4.78. The van der Waals surface area contributed by atoms with E-state index in [2.05, 4.69) is 0 Å². The molecule has 0 rings (SSSR count). The predicted molar refractivity (Wildman–Crippen MR) is 44.9 cm³/mol. The molecule has 0 aliphatic carbocycles. The van der Waals surface area contributed by atoms with Crippen LogP contribution < -0.4 is 4.13 Å². The summed E-state index contributed by atoms with van der Waals surface area (Å²) >= 11 is 0. The normalized spacial score (nSPS) is 13.1. The Balaban J connectivity index is 4.44. The molecule has 7 nitrogen and oxygen atoms in total. The van der Waals surface area contributed by atoms with Crippen LogP contribution in [0.2, 0.25) is 0 Å². The molecular formula is C4H11NO6S2. The van der Waals surface area contributed by atoms with Gasteiger partial charge in [-0.3, -0.25) is 0 Å². The quantitative estimate of drug-likeness (QED) is 0.456. The Morgan fingerprint density at radius 1 is 0.846 bits per heavy atom. The average molecular weight is 233 g/mol. The van der Waals surface area contributed by atoms with Crippen LogP contribution in [0.3, 0.4) is 0 Å². The molecular weight excluding hydrogens is 222 g/mol. The molecule has 9 heteroatoms. The van der Waals surface area contributed by atoms with E-state index < -0.39 is 44.8 Å². The van der Waals surface area contributed by atoms with Crippen LogP contribution in [-0.2, 0) is 20.0 Å². The summed E-state index contributed by atoms with van der Waals surface area (Å²) in [6.45, 7) is -1.33. The van der Waals surface area contributed by atoms with Gasteiger partial charge in [0.25, 0.3) is 0 Å². The van der Waals surface area contributed by atoms with Crippen molar-refractivity contribution in [2.75, 3.05) is 24.7 Å². The molecule has 0 saturated carbocycles. The lowest BCUT2D eigenvalue weighted by Gasteiger charge is -2.04. The largest absolute Gasteiger partial charge is 0.395 e. The fourth-order valence-corrected chi connectivity index (χ4v) is 3.21. The lowest BCUT2D eigenvalue weighted by molar-refractivity contribution is 0.319. The van der Waals surface area contributed by atoms with Crippen LogP contribution in [0, 0.1) is 0 Å². The maximum Gasteiger partial charge on any atom is 0.226 e. The van der Waals surface area contributed by atoms with Crippen molar-refractivity contribution >= 4 is 20.0 Å². The molecule has 0 heterocycles. The van der Waals surface area contributed by atoms with Gasteiger partial charge in [-0.2, -0.15) is 0 Å². The molecule has 80 valence electrons. The monoisotopic (exact) mass is 233 g/mol. The Bertz CT molecular complexity index is 296. The van der Waals surface area contributed by atoms with Crippen molar-refractivity contribution in [1.82, 2.24) is 4.13 Å². The summed E-state index contributed by atoms with van der Waals surface area (Å²) in [5.41, 5.74) is 0. The first-order chi connectivity index (χ1) is 5.83. The molecule has 0 atom stereocenters. The average Bonchev–Trinajstić information content (AvgIpc) is 1.82. The van der Waals surface area contributed by atoms with Crippen molar-refractivity contribution < 1.29 is 27.0 Å². The summed E-state index contributed by atoms with van der Waals surface area (Å²) in [4.78, 5) is 0. The molecule has 0 amide bonds. The molecule has 0 aromatic rings. The number of aliphatic hydroxyl groups excluding tert-OH is 2. The van der Waals surface area contributed by atoms with Gasteiger partial charge in [0.2, 0.25) is 20.0 Å². The number of rotatable bonds is 6. The maximum absolute atomic E-state index is 10.8. The summed E-state index contributed by atoms with van der Waals surface area (Å²) in [6, 6.07) is 0. The summed E-state index contributed by atoms with van der Waals surface area (Å²) in [5, 5.41) is 16.5. The van der Waals surface area contributed by atoms with Gasteiger partial charge in [-0.05, 0) is 0 Å². The number of hydrogen-bond acceptors (Lipinski definition) is 6. The summed E-state index contributed by atoms with van der Waals surface area (Å²) in [5.74, 6) is -1.37. The van der Waals surface area contributed by atoms with E-state index in [9.17, 15) is 16.8 Å². The van der Waals surface area contributed by atoms with Crippen LogP contribution in [-0.4, -0.2) is 51.8 Å². The van der Waals surface area contributed by atoms with E-state index in [1.165, 1.54) is 4.13 Å². The number of hydrogen-bond donors (Lipinski definition) is 3. The molecule has 0 saturated heterocycles. The van der Waals surface area contributed by atoms with Crippen LogP contribution in [0.5, 0.6) is 0 Å². The molecule has 0 spiro atoms. The van der Waals surface area contributed by atoms with Crippen LogP contribution in [0.1, 0.15) is 0 Å². The van der Waals surface area contributed by atoms with Crippen molar-refractivity contribution in [2.24, 2.45) is 0 Å². The summed E-state index contributed by atoms with van der Waals surface area (Å²) in [6.07, 6.45) is 0. The number of nitrogens with one attached hydrogen (secondary N) is 1. The third-order valence-corrected chi connectivity index (χ3v) is 4.45.